The summed E-state index contributed by atoms with van der Waals surface area (Å²) in [5.74, 6) is 1.82. The average molecular weight is 279 g/mol. The second kappa shape index (κ2) is 6.15. The van der Waals surface area contributed by atoms with Crippen LogP contribution in [0.15, 0.2) is 4.99 Å². The fraction of sp³-hybridized carbons (Fsp3) is 0.875. The first-order valence-corrected chi connectivity index (χ1v) is 8.16. The first-order chi connectivity index (χ1) is 9.49. The number of nitrogens with zero attached hydrogens (tertiary/aromatic N) is 2. The number of aliphatic imine (C=N–C) groups is 1. The summed E-state index contributed by atoms with van der Waals surface area (Å²) >= 11 is 0. The summed E-state index contributed by atoms with van der Waals surface area (Å²) < 4.78 is 0. The molecule has 1 heterocycles. The Labute approximate surface area is 122 Å². The molecule has 114 valence electrons. The Morgan fingerprint density at radius 1 is 1.40 bits per heavy atom. The molecule has 1 aliphatic carbocycles. The predicted octanol–water partition coefficient (Wildman–Crippen LogP) is 3.55. The van der Waals surface area contributed by atoms with Crippen molar-refractivity contribution in [2.75, 3.05) is 6.54 Å². The molecule has 0 aromatic carbocycles. The van der Waals surface area contributed by atoms with Crippen LogP contribution in [0.2, 0.25) is 0 Å². The van der Waals surface area contributed by atoms with Crippen molar-refractivity contribution in [3.8, 4) is 0 Å². The van der Waals surface area contributed by atoms with Crippen molar-refractivity contribution in [3.63, 3.8) is 0 Å². The van der Waals surface area contributed by atoms with Gasteiger partial charge in [-0.1, -0.05) is 46.5 Å². The van der Waals surface area contributed by atoms with Crippen LogP contribution >= 0.6 is 0 Å². The minimum Gasteiger partial charge on any atom is -0.385 e. The highest BCUT2D eigenvalue weighted by molar-refractivity contribution is 6.05. The van der Waals surface area contributed by atoms with Gasteiger partial charge in [0.25, 0.3) is 0 Å². The maximum absolute atomic E-state index is 12.2. The highest BCUT2D eigenvalue weighted by Crippen LogP contribution is 2.39. The first-order valence-electron chi connectivity index (χ1n) is 8.16. The largest absolute Gasteiger partial charge is 0.385 e. The first kappa shape index (κ1) is 15.3. The van der Waals surface area contributed by atoms with Crippen molar-refractivity contribution in [2.24, 2.45) is 22.6 Å². The van der Waals surface area contributed by atoms with Gasteiger partial charge in [0, 0.05) is 6.54 Å². The Morgan fingerprint density at radius 3 is 2.80 bits per heavy atom. The van der Waals surface area contributed by atoms with Crippen LogP contribution in [0.1, 0.15) is 65.7 Å². The van der Waals surface area contributed by atoms with Crippen LogP contribution in [0.25, 0.3) is 0 Å². The molecule has 2 amide bonds. The number of carbonyl (C=O) groups is 1. The molecule has 2 aliphatic rings. The second-order valence-electron chi connectivity index (χ2n) is 6.90. The van der Waals surface area contributed by atoms with E-state index in [1.54, 1.807) is 0 Å². The van der Waals surface area contributed by atoms with Crippen LogP contribution in [0.3, 0.4) is 0 Å². The zero-order chi connectivity index (χ0) is 14.8. The smallest absolute Gasteiger partial charge is 0.346 e. The number of hydrogen-bond acceptors (Lipinski definition) is 2. The molecule has 2 atom stereocenters. The van der Waals surface area contributed by atoms with Gasteiger partial charge in [-0.15, -0.1) is 0 Å². The second-order valence-corrected chi connectivity index (χ2v) is 6.90. The lowest BCUT2D eigenvalue weighted by atomic mass is 9.86. The van der Waals surface area contributed by atoms with Crippen molar-refractivity contribution in [1.82, 2.24) is 4.90 Å². The molecule has 2 rings (SSSR count). The quantitative estimate of drug-likeness (QED) is 0.855. The summed E-state index contributed by atoms with van der Waals surface area (Å²) in [6, 6.07) is -0.120. The fourth-order valence-electron chi connectivity index (χ4n) is 3.83. The third-order valence-electron chi connectivity index (χ3n) is 4.85. The van der Waals surface area contributed by atoms with E-state index in [0.717, 1.165) is 31.7 Å². The Hall–Kier alpha value is -1.06. The standard InChI is InChI=1S/C16H29N3O/c1-4-6-13-7-5-9-16(10-8-13)14(17)18-15(20)19(16)11-12(2)3/h12-13H,4-11H2,1-3H3,(H2,17,18,20). The molecule has 1 saturated carbocycles. The van der Waals surface area contributed by atoms with Gasteiger partial charge in [0.2, 0.25) is 0 Å². The van der Waals surface area contributed by atoms with E-state index < -0.39 is 0 Å². The minimum absolute atomic E-state index is 0.120. The van der Waals surface area contributed by atoms with Gasteiger partial charge < -0.3 is 10.6 Å². The molecule has 4 nitrogen and oxygen atoms in total. The summed E-state index contributed by atoms with van der Waals surface area (Å²) in [5, 5.41) is 0. The highest BCUT2D eigenvalue weighted by atomic mass is 16.2. The van der Waals surface area contributed by atoms with Crippen molar-refractivity contribution in [2.45, 2.75) is 71.3 Å². The zero-order valence-corrected chi connectivity index (χ0v) is 13.2. The van der Waals surface area contributed by atoms with Crippen molar-refractivity contribution >= 4 is 11.9 Å². The van der Waals surface area contributed by atoms with Gasteiger partial charge in [0.05, 0.1) is 0 Å². The maximum atomic E-state index is 12.2. The van der Waals surface area contributed by atoms with Gasteiger partial charge in [0.15, 0.2) is 0 Å². The monoisotopic (exact) mass is 279 g/mol. The van der Waals surface area contributed by atoms with Gasteiger partial charge in [0.1, 0.15) is 11.4 Å². The Balaban J connectivity index is 2.17. The van der Waals surface area contributed by atoms with Crippen LogP contribution in [0, 0.1) is 11.8 Å². The summed E-state index contributed by atoms with van der Waals surface area (Å²) in [6.45, 7) is 7.31. The maximum Gasteiger partial charge on any atom is 0.346 e. The van der Waals surface area contributed by atoms with Crippen LogP contribution in [0.5, 0.6) is 0 Å². The zero-order valence-electron chi connectivity index (χ0n) is 13.2. The average Bonchev–Trinajstić information content (AvgIpc) is 2.56. The molecule has 0 bridgehead atoms. The van der Waals surface area contributed by atoms with E-state index in [2.05, 4.69) is 25.8 Å². The van der Waals surface area contributed by atoms with E-state index in [9.17, 15) is 4.79 Å². The van der Waals surface area contributed by atoms with Gasteiger partial charge in [-0.25, -0.2) is 4.79 Å². The fourth-order valence-corrected chi connectivity index (χ4v) is 3.83. The Bertz CT molecular complexity index is 391. The van der Waals surface area contributed by atoms with Gasteiger partial charge >= 0.3 is 6.03 Å². The minimum atomic E-state index is -0.274. The van der Waals surface area contributed by atoms with Crippen LogP contribution in [-0.4, -0.2) is 28.9 Å². The molecular formula is C16H29N3O. The van der Waals surface area contributed by atoms with Gasteiger partial charge in [-0.05, 0) is 31.1 Å². The summed E-state index contributed by atoms with van der Waals surface area (Å²) in [5.41, 5.74) is 5.90. The van der Waals surface area contributed by atoms with E-state index in [4.69, 9.17) is 5.73 Å². The molecule has 2 N–H and O–H groups in total. The third-order valence-corrected chi connectivity index (χ3v) is 4.85. The summed E-state index contributed by atoms with van der Waals surface area (Å²) in [7, 11) is 0. The van der Waals surface area contributed by atoms with E-state index in [1.807, 2.05) is 4.90 Å². The molecule has 1 spiro atoms. The van der Waals surface area contributed by atoms with Gasteiger partial charge in [-0.3, -0.25) is 0 Å². The van der Waals surface area contributed by atoms with Gasteiger partial charge in [-0.2, -0.15) is 4.99 Å². The molecular weight excluding hydrogens is 250 g/mol. The Kier molecular flexibility index (Phi) is 4.71. The lowest BCUT2D eigenvalue weighted by Gasteiger charge is -2.38. The number of carbonyl (C=O) groups excluding carboxylic acids is 1. The van der Waals surface area contributed by atoms with Crippen LogP contribution in [-0.2, 0) is 0 Å². The van der Waals surface area contributed by atoms with E-state index in [0.29, 0.717) is 11.8 Å². The summed E-state index contributed by atoms with van der Waals surface area (Å²) in [6.07, 6.45) is 8.12. The Morgan fingerprint density at radius 2 is 2.15 bits per heavy atom. The van der Waals surface area contributed by atoms with Crippen molar-refractivity contribution in [3.05, 3.63) is 0 Å². The number of nitrogens with two attached hydrogens (primary N) is 1. The molecule has 0 saturated heterocycles. The van der Waals surface area contributed by atoms with Crippen LogP contribution < -0.4 is 5.73 Å². The molecule has 1 aliphatic heterocycles. The molecule has 4 heteroatoms. The predicted molar refractivity (Wildman–Crippen MR) is 82.8 cm³/mol. The van der Waals surface area contributed by atoms with Crippen molar-refractivity contribution < 1.29 is 4.79 Å². The third kappa shape index (κ3) is 2.84. The number of rotatable bonds is 4. The molecule has 0 radical (unpaired) electrons. The van der Waals surface area contributed by atoms with E-state index in [-0.39, 0.29) is 11.6 Å². The SMILES string of the molecule is CCCC1CCCC2(CC1)C(N)=NC(=O)N2CC(C)C. The number of amidine groups is 1. The summed E-state index contributed by atoms with van der Waals surface area (Å²) in [4.78, 5) is 18.2. The van der Waals surface area contributed by atoms with Crippen molar-refractivity contribution in [1.29, 1.82) is 0 Å². The lowest BCUT2D eigenvalue weighted by Crippen LogP contribution is -2.54. The number of urea groups is 1. The highest BCUT2D eigenvalue weighted by Gasteiger charge is 2.48. The lowest BCUT2D eigenvalue weighted by molar-refractivity contribution is 0.148. The molecule has 20 heavy (non-hydrogen) atoms. The number of amides is 2. The topological polar surface area (TPSA) is 58.7 Å². The normalized spacial score (nSPS) is 31.0. The van der Waals surface area contributed by atoms with E-state index in [1.165, 1.54) is 25.7 Å². The molecule has 0 aromatic rings. The van der Waals surface area contributed by atoms with E-state index >= 15 is 0 Å². The molecule has 0 aromatic heterocycles. The molecule has 2 unspecified atom stereocenters. The van der Waals surface area contributed by atoms with Crippen LogP contribution in [0.4, 0.5) is 4.79 Å². The molecule has 1 fully saturated rings. The number of hydrogen-bond donors (Lipinski definition) is 1.